The van der Waals surface area contributed by atoms with Crippen LogP contribution < -0.4 is 4.74 Å². The van der Waals surface area contributed by atoms with E-state index in [1.54, 1.807) is 6.07 Å². The molecule has 0 saturated heterocycles. The lowest BCUT2D eigenvalue weighted by Gasteiger charge is -2.21. The van der Waals surface area contributed by atoms with Gasteiger partial charge in [-0.3, -0.25) is 9.59 Å². The predicted octanol–water partition coefficient (Wildman–Crippen LogP) is 4.27. The molecule has 0 spiro atoms. The third-order valence-corrected chi connectivity index (χ3v) is 3.39. The molecule has 0 aromatic heterocycles. The summed E-state index contributed by atoms with van der Waals surface area (Å²) in [7, 11) is 0. The van der Waals surface area contributed by atoms with E-state index in [0.29, 0.717) is 5.02 Å². The van der Waals surface area contributed by atoms with Crippen molar-refractivity contribution in [2.24, 2.45) is 5.41 Å². The molecule has 0 N–H and O–H groups in total. The van der Waals surface area contributed by atoms with Crippen molar-refractivity contribution in [2.45, 2.75) is 33.6 Å². The number of rotatable bonds is 6. The molecule has 0 aliphatic heterocycles. The van der Waals surface area contributed by atoms with Gasteiger partial charge in [0.15, 0.2) is 11.2 Å². The van der Waals surface area contributed by atoms with Crippen molar-refractivity contribution >= 4 is 35.1 Å². The minimum absolute atomic E-state index is 0.114. The monoisotopic (exact) mass is 332 g/mol. The zero-order valence-electron chi connectivity index (χ0n) is 12.2. The number of ether oxygens (including phenoxy) is 2. The van der Waals surface area contributed by atoms with Crippen molar-refractivity contribution in [3.05, 3.63) is 28.2 Å². The van der Waals surface area contributed by atoms with E-state index in [1.165, 1.54) is 26.0 Å². The van der Waals surface area contributed by atoms with Crippen LogP contribution in [0.4, 0.5) is 0 Å². The largest absolute Gasteiger partial charge is 0.465 e. The highest BCUT2D eigenvalue weighted by Crippen LogP contribution is 2.30. The molecule has 0 bridgehead atoms. The van der Waals surface area contributed by atoms with Crippen molar-refractivity contribution in [2.75, 3.05) is 6.61 Å². The van der Waals surface area contributed by atoms with E-state index in [2.05, 4.69) is 0 Å². The molecule has 1 aromatic carbocycles. The van der Waals surface area contributed by atoms with Crippen LogP contribution >= 0.6 is 23.2 Å². The molecule has 4 nitrogen and oxygen atoms in total. The standard InChI is InChI=1S/C15H18Cl2O4/c1-4-5-8-20-13(18)15(2,3)14(19)21-12-9-10(16)6-7-11(12)17/h6-7,9H,4-5,8H2,1-3H3. The maximum absolute atomic E-state index is 12.1. The second-order valence-electron chi connectivity index (χ2n) is 5.08. The molecular weight excluding hydrogens is 315 g/mol. The lowest BCUT2D eigenvalue weighted by Crippen LogP contribution is -2.38. The Bertz CT molecular complexity index is 526. The average molecular weight is 333 g/mol. The van der Waals surface area contributed by atoms with Gasteiger partial charge >= 0.3 is 11.9 Å². The van der Waals surface area contributed by atoms with E-state index in [1.807, 2.05) is 6.92 Å². The smallest absolute Gasteiger partial charge is 0.328 e. The molecule has 0 radical (unpaired) electrons. The van der Waals surface area contributed by atoms with E-state index < -0.39 is 17.4 Å². The van der Waals surface area contributed by atoms with Gasteiger partial charge in [-0.25, -0.2) is 0 Å². The number of esters is 2. The van der Waals surface area contributed by atoms with Crippen LogP contribution in [0.25, 0.3) is 0 Å². The Balaban J connectivity index is 2.76. The predicted molar refractivity (Wildman–Crippen MR) is 81.7 cm³/mol. The van der Waals surface area contributed by atoms with Gasteiger partial charge < -0.3 is 9.47 Å². The third kappa shape index (κ3) is 4.90. The molecule has 6 heteroatoms. The first-order chi connectivity index (χ1) is 9.78. The van der Waals surface area contributed by atoms with Gasteiger partial charge in [-0.1, -0.05) is 36.5 Å². The Morgan fingerprint density at radius 1 is 1.19 bits per heavy atom. The summed E-state index contributed by atoms with van der Waals surface area (Å²) in [6.45, 7) is 5.16. The normalized spacial score (nSPS) is 11.1. The molecule has 0 aliphatic carbocycles. The average Bonchev–Trinajstić information content (AvgIpc) is 2.42. The van der Waals surface area contributed by atoms with E-state index in [4.69, 9.17) is 32.7 Å². The maximum atomic E-state index is 12.1. The number of carbonyl (C=O) groups is 2. The number of hydrogen-bond acceptors (Lipinski definition) is 4. The SMILES string of the molecule is CCCCOC(=O)C(C)(C)C(=O)Oc1cc(Cl)ccc1Cl. The fourth-order valence-electron chi connectivity index (χ4n) is 1.36. The van der Waals surface area contributed by atoms with Crippen LogP contribution in [0.5, 0.6) is 5.75 Å². The number of benzene rings is 1. The first kappa shape index (κ1) is 17.8. The van der Waals surface area contributed by atoms with Crippen molar-refractivity contribution < 1.29 is 19.1 Å². The molecule has 0 amide bonds. The fraction of sp³-hybridized carbons (Fsp3) is 0.467. The summed E-state index contributed by atoms with van der Waals surface area (Å²) in [5.41, 5.74) is -1.42. The maximum Gasteiger partial charge on any atom is 0.328 e. The zero-order chi connectivity index (χ0) is 16.0. The van der Waals surface area contributed by atoms with Crippen LogP contribution in [0.15, 0.2) is 18.2 Å². The minimum atomic E-state index is -1.42. The summed E-state index contributed by atoms with van der Waals surface area (Å²) >= 11 is 11.7. The lowest BCUT2D eigenvalue weighted by atomic mass is 9.94. The van der Waals surface area contributed by atoms with Gasteiger partial charge in [0.05, 0.1) is 11.6 Å². The van der Waals surface area contributed by atoms with Gasteiger partial charge in [-0.2, -0.15) is 0 Å². The van der Waals surface area contributed by atoms with Crippen LogP contribution in [0, 0.1) is 5.41 Å². The summed E-state index contributed by atoms with van der Waals surface area (Å²) in [5, 5.41) is 0.619. The minimum Gasteiger partial charge on any atom is -0.465 e. The van der Waals surface area contributed by atoms with Gasteiger partial charge in [-0.15, -0.1) is 0 Å². The summed E-state index contributed by atoms with van der Waals surface area (Å²) in [6, 6.07) is 4.50. The van der Waals surface area contributed by atoms with Gasteiger partial charge in [0.2, 0.25) is 0 Å². The molecule has 116 valence electrons. The molecule has 0 aliphatic rings. The third-order valence-electron chi connectivity index (χ3n) is 2.85. The van der Waals surface area contributed by atoms with Crippen LogP contribution in [-0.2, 0) is 14.3 Å². The van der Waals surface area contributed by atoms with Crippen molar-refractivity contribution in [3.63, 3.8) is 0 Å². The molecule has 0 saturated carbocycles. The Morgan fingerprint density at radius 3 is 2.48 bits per heavy atom. The second-order valence-corrected chi connectivity index (χ2v) is 5.92. The highest BCUT2D eigenvalue weighted by Gasteiger charge is 2.40. The second kappa shape index (κ2) is 7.66. The van der Waals surface area contributed by atoms with Crippen molar-refractivity contribution in [1.29, 1.82) is 0 Å². The molecule has 1 aromatic rings. The molecule has 0 unspecified atom stereocenters. The van der Waals surface area contributed by atoms with Gasteiger partial charge in [0, 0.05) is 11.1 Å². The van der Waals surface area contributed by atoms with Crippen LogP contribution in [0.2, 0.25) is 10.0 Å². The molecular formula is C15H18Cl2O4. The van der Waals surface area contributed by atoms with E-state index in [9.17, 15) is 9.59 Å². The van der Waals surface area contributed by atoms with E-state index >= 15 is 0 Å². The summed E-state index contributed by atoms with van der Waals surface area (Å²) in [6.07, 6.45) is 1.65. The number of halogens is 2. The molecule has 1 rings (SSSR count). The fourth-order valence-corrected chi connectivity index (χ4v) is 1.67. The highest BCUT2D eigenvalue weighted by atomic mass is 35.5. The molecule has 21 heavy (non-hydrogen) atoms. The van der Waals surface area contributed by atoms with Crippen LogP contribution in [0.3, 0.4) is 0 Å². The number of hydrogen-bond donors (Lipinski definition) is 0. The van der Waals surface area contributed by atoms with Gasteiger partial charge in [0.1, 0.15) is 0 Å². The summed E-state index contributed by atoms with van der Waals surface area (Å²) in [4.78, 5) is 24.1. The van der Waals surface area contributed by atoms with Crippen LogP contribution in [-0.4, -0.2) is 18.5 Å². The Kier molecular flexibility index (Phi) is 6.49. The Labute approximate surface area is 134 Å². The Hall–Kier alpha value is -1.26. The number of unbranched alkanes of at least 4 members (excludes halogenated alkanes) is 1. The number of carbonyl (C=O) groups excluding carboxylic acids is 2. The zero-order valence-corrected chi connectivity index (χ0v) is 13.8. The lowest BCUT2D eigenvalue weighted by molar-refractivity contribution is -0.164. The van der Waals surface area contributed by atoms with Crippen molar-refractivity contribution in [3.8, 4) is 5.75 Å². The molecule has 0 atom stereocenters. The van der Waals surface area contributed by atoms with Gasteiger partial charge in [0.25, 0.3) is 0 Å². The first-order valence-corrected chi connectivity index (χ1v) is 7.39. The van der Waals surface area contributed by atoms with Crippen LogP contribution in [0.1, 0.15) is 33.6 Å². The molecule has 0 fully saturated rings. The van der Waals surface area contributed by atoms with E-state index in [0.717, 1.165) is 12.8 Å². The Morgan fingerprint density at radius 2 is 1.86 bits per heavy atom. The quantitative estimate of drug-likeness (QED) is 0.338. The van der Waals surface area contributed by atoms with Gasteiger partial charge in [-0.05, 0) is 32.4 Å². The topological polar surface area (TPSA) is 52.6 Å². The first-order valence-electron chi connectivity index (χ1n) is 6.63. The highest BCUT2D eigenvalue weighted by molar-refractivity contribution is 6.34. The van der Waals surface area contributed by atoms with E-state index in [-0.39, 0.29) is 17.4 Å². The summed E-state index contributed by atoms with van der Waals surface area (Å²) < 4.78 is 10.2. The van der Waals surface area contributed by atoms with Crippen molar-refractivity contribution in [1.82, 2.24) is 0 Å². The summed E-state index contributed by atoms with van der Waals surface area (Å²) in [5.74, 6) is -1.25. The molecule has 0 heterocycles.